The van der Waals surface area contributed by atoms with Crippen molar-refractivity contribution in [1.82, 2.24) is 0 Å². The van der Waals surface area contributed by atoms with Gasteiger partial charge in [-0.3, -0.25) is 0 Å². The Morgan fingerprint density at radius 1 is 1.04 bits per heavy atom. The zero-order valence-electron chi connectivity index (χ0n) is 14.7. The molecule has 0 aromatic heterocycles. The van der Waals surface area contributed by atoms with E-state index in [9.17, 15) is 9.18 Å². The van der Waals surface area contributed by atoms with Gasteiger partial charge in [-0.15, -0.1) is 0 Å². The minimum absolute atomic E-state index is 0.288. The van der Waals surface area contributed by atoms with E-state index in [1.165, 1.54) is 56.2 Å². The number of carboxylic acids is 1. The maximum absolute atomic E-state index is 13.9. The number of carbonyl (C=O) groups is 1. The lowest BCUT2D eigenvalue weighted by Gasteiger charge is -2.28. The van der Waals surface area contributed by atoms with Gasteiger partial charge in [0.1, 0.15) is 5.82 Å². The molecule has 0 spiro atoms. The standard InChI is InChI=1S/C22H25FO2/c1-2-3-15-4-6-16(7-5-15)17-8-10-18(11-9-17)19-12-13-20(22(24)25)21(23)14-19/h8-16H,2-7H2,1H3,(H,24,25)/t15-,16-. The van der Waals surface area contributed by atoms with E-state index in [1.54, 1.807) is 6.07 Å². The van der Waals surface area contributed by atoms with Crippen molar-refractivity contribution in [2.75, 3.05) is 0 Å². The molecule has 0 radical (unpaired) electrons. The lowest BCUT2D eigenvalue weighted by Crippen LogP contribution is -2.13. The van der Waals surface area contributed by atoms with E-state index in [0.29, 0.717) is 11.5 Å². The van der Waals surface area contributed by atoms with Gasteiger partial charge in [0.2, 0.25) is 0 Å². The molecule has 0 aliphatic heterocycles. The van der Waals surface area contributed by atoms with Gasteiger partial charge in [0.05, 0.1) is 5.56 Å². The topological polar surface area (TPSA) is 37.3 Å². The molecule has 1 saturated carbocycles. The molecule has 25 heavy (non-hydrogen) atoms. The zero-order chi connectivity index (χ0) is 17.8. The Kier molecular flexibility index (Phi) is 5.52. The second-order valence-electron chi connectivity index (χ2n) is 7.13. The first-order valence-corrected chi connectivity index (χ1v) is 9.21. The van der Waals surface area contributed by atoms with Crippen molar-refractivity contribution >= 4 is 5.97 Å². The van der Waals surface area contributed by atoms with Crippen LogP contribution in [0.15, 0.2) is 42.5 Å². The van der Waals surface area contributed by atoms with Crippen LogP contribution in [0.5, 0.6) is 0 Å². The van der Waals surface area contributed by atoms with Crippen LogP contribution >= 0.6 is 0 Å². The minimum atomic E-state index is -1.24. The molecule has 2 aromatic carbocycles. The summed E-state index contributed by atoms with van der Waals surface area (Å²) < 4.78 is 13.9. The lowest BCUT2D eigenvalue weighted by atomic mass is 9.77. The van der Waals surface area contributed by atoms with Gasteiger partial charge in [0, 0.05) is 0 Å². The molecule has 1 N–H and O–H groups in total. The Hall–Kier alpha value is -2.16. The fourth-order valence-corrected chi connectivity index (χ4v) is 4.01. The van der Waals surface area contributed by atoms with Crippen molar-refractivity contribution in [1.29, 1.82) is 0 Å². The average Bonchev–Trinajstić information content (AvgIpc) is 2.62. The molecule has 2 nitrogen and oxygen atoms in total. The highest BCUT2D eigenvalue weighted by Crippen LogP contribution is 2.38. The molecule has 0 atom stereocenters. The molecule has 1 fully saturated rings. The number of benzene rings is 2. The first-order valence-electron chi connectivity index (χ1n) is 9.21. The van der Waals surface area contributed by atoms with Crippen LogP contribution in [0.25, 0.3) is 11.1 Å². The summed E-state index contributed by atoms with van der Waals surface area (Å²) >= 11 is 0. The number of halogens is 1. The smallest absolute Gasteiger partial charge is 0.338 e. The molecule has 0 bridgehead atoms. The van der Waals surface area contributed by atoms with E-state index in [2.05, 4.69) is 19.1 Å². The van der Waals surface area contributed by atoms with Crippen LogP contribution in [0.3, 0.4) is 0 Å². The minimum Gasteiger partial charge on any atom is -0.478 e. The van der Waals surface area contributed by atoms with Crippen LogP contribution in [0.1, 0.15) is 67.3 Å². The van der Waals surface area contributed by atoms with Crippen molar-refractivity contribution in [3.8, 4) is 11.1 Å². The highest BCUT2D eigenvalue weighted by atomic mass is 19.1. The van der Waals surface area contributed by atoms with E-state index < -0.39 is 11.8 Å². The number of carboxylic acid groups (broad SMARTS) is 1. The summed E-state index contributed by atoms with van der Waals surface area (Å²) in [4.78, 5) is 10.9. The predicted molar refractivity (Wildman–Crippen MR) is 98.4 cm³/mol. The van der Waals surface area contributed by atoms with E-state index >= 15 is 0 Å². The number of hydrogen-bond donors (Lipinski definition) is 1. The largest absolute Gasteiger partial charge is 0.478 e. The fraction of sp³-hybridized carbons (Fsp3) is 0.409. The zero-order valence-corrected chi connectivity index (χ0v) is 14.7. The number of rotatable bonds is 5. The molecule has 0 unspecified atom stereocenters. The van der Waals surface area contributed by atoms with Crippen LogP contribution < -0.4 is 0 Å². The molecule has 3 rings (SSSR count). The maximum Gasteiger partial charge on any atom is 0.338 e. The maximum atomic E-state index is 13.9. The van der Waals surface area contributed by atoms with Crippen LogP contribution in [0.4, 0.5) is 4.39 Å². The van der Waals surface area contributed by atoms with Crippen LogP contribution in [0.2, 0.25) is 0 Å². The highest BCUT2D eigenvalue weighted by molar-refractivity contribution is 5.88. The molecule has 3 heteroatoms. The second kappa shape index (κ2) is 7.81. The van der Waals surface area contributed by atoms with Crippen molar-refractivity contribution < 1.29 is 14.3 Å². The Balaban J connectivity index is 1.70. The first kappa shape index (κ1) is 17.7. The molecule has 0 saturated heterocycles. The summed E-state index contributed by atoms with van der Waals surface area (Å²) in [6.07, 6.45) is 7.78. The summed E-state index contributed by atoms with van der Waals surface area (Å²) in [7, 11) is 0. The molecule has 0 heterocycles. The third-order valence-corrected chi connectivity index (χ3v) is 5.46. The summed E-state index contributed by atoms with van der Waals surface area (Å²) in [6.45, 7) is 2.26. The van der Waals surface area contributed by atoms with Gasteiger partial charge in [-0.1, -0.05) is 50.1 Å². The average molecular weight is 340 g/mol. The molecule has 1 aliphatic rings. The number of aromatic carboxylic acids is 1. The normalized spacial score (nSPS) is 20.4. The summed E-state index contributed by atoms with van der Waals surface area (Å²) in [5.41, 5.74) is 2.70. The Bertz CT molecular complexity index is 728. The quantitative estimate of drug-likeness (QED) is 0.697. The lowest BCUT2D eigenvalue weighted by molar-refractivity contribution is 0.0692. The van der Waals surface area contributed by atoms with Gasteiger partial charge in [-0.05, 0) is 66.3 Å². The van der Waals surface area contributed by atoms with Gasteiger partial charge in [0.15, 0.2) is 0 Å². The van der Waals surface area contributed by atoms with Crippen molar-refractivity contribution in [2.24, 2.45) is 5.92 Å². The predicted octanol–water partition coefficient (Wildman–Crippen LogP) is 6.26. The van der Waals surface area contributed by atoms with Crippen molar-refractivity contribution in [3.63, 3.8) is 0 Å². The molecular formula is C22H25FO2. The van der Waals surface area contributed by atoms with Gasteiger partial charge in [-0.2, -0.15) is 0 Å². The highest BCUT2D eigenvalue weighted by Gasteiger charge is 2.21. The van der Waals surface area contributed by atoms with Gasteiger partial charge < -0.3 is 5.11 Å². The molecule has 2 aromatic rings. The van der Waals surface area contributed by atoms with Crippen LogP contribution in [0, 0.1) is 11.7 Å². The SMILES string of the molecule is CCC[C@H]1CC[C@H](c2ccc(-c3ccc(C(=O)O)c(F)c3)cc2)CC1. The second-order valence-corrected chi connectivity index (χ2v) is 7.13. The molecule has 1 aliphatic carbocycles. The molecular weight excluding hydrogens is 315 g/mol. The Morgan fingerprint density at radius 2 is 1.68 bits per heavy atom. The summed E-state index contributed by atoms with van der Waals surface area (Å²) in [5.74, 6) is -0.397. The Morgan fingerprint density at radius 3 is 2.24 bits per heavy atom. The van der Waals surface area contributed by atoms with E-state index in [0.717, 1.165) is 11.5 Å². The third-order valence-electron chi connectivity index (χ3n) is 5.46. The van der Waals surface area contributed by atoms with E-state index in [-0.39, 0.29) is 5.56 Å². The van der Waals surface area contributed by atoms with Gasteiger partial charge >= 0.3 is 5.97 Å². The van der Waals surface area contributed by atoms with E-state index in [4.69, 9.17) is 5.11 Å². The van der Waals surface area contributed by atoms with Crippen LogP contribution in [-0.2, 0) is 0 Å². The van der Waals surface area contributed by atoms with Crippen LogP contribution in [-0.4, -0.2) is 11.1 Å². The summed E-state index contributed by atoms with van der Waals surface area (Å²) in [5, 5.41) is 8.92. The third kappa shape index (κ3) is 4.09. The molecule has 0 amide bonds. The molecule has 132 valence electrons. The fourth-order valence-electron chi connectivity index (χ4n) is 4.01. The monoisotopic (exact) mass is 340 g/mol. The first-order chi connectivity index (χ1) is 12.1. The van der Waals surface area contributed by atoms with Gasteiger partial charge in [0.25, 0.3) is 0 Å². The van der Waals surface area contributed by atoms with E-state index in [1.807, 2.05) is 12.1 Å². The van der Waals surface area contributed by atoms with Gasteiger partial charge in [-0.25, -0.2) is 9.18 Å². The van der Waals surface area contributed by atoms with Crippen molar-refractivity contribution in [2.45, 2.75) is 51.4 Å². The summed E-state index contributed by atoms with van der Waals surface area (Å²) in [6, 6.07) is 12.6. The Labute approximate surface area is 148 Å². The van der Waals surface area contributed by atoms with Crippen molar-refractivity contribution in [3.05, 3.63) is 59.4 Å². The number of hydrogen-bond acceptors (Lipinski definition) is 1.